The fourth-order valence-electron chi connectivity index (χ4n) is 4.85. The first-order valence-electron chi connectivity index (χ1n) is 9.76. The molecule has 1 saturated carbocycles. The van der Waals surface area contributed by atoms with Crippen LogP contribution in [0.2, 0.25) is 0 Å². The second-order valence-electron chi connectivity index (χ2n) is 7.66. The lowest BCUT2D eigenvalue weighted by atomic mass is 9.66. The Bertz CT molecular complexity index is 745. The minimum Gasteiger partial charge on any atom is -0.452 e. The molecule has 3 heteroatoms. The van der Waals surface area contributed by atoms with E-state index in [9.17, 15) is 4.79 Å². The summed E-state index contributed by atoms with van der Waals surface area (Å²) in [6.45, 7) is 3.89. The quantitative estimate of drug-likeness (QED) is 0.743. The second kappa shape index (κ2) is 7.24. The van der Waals surface area contributed by atoms with Gasteiger partial charge in [-0.1, -0.05) is 67.6 Å². The number of carbonyl (C=O) groups is 1. The summed E-state index contributed by atoms with van der Waals surface area (Å²) in [6, 6.07) is 21.3. The highest BCUT2D eigenvalue weighted by Crippen LogP contribution is 2.50. The van der Waals surface area contributed by atoms with E-state index in [0.29, 0.717) is 12.3 Å². The largest absolute Gasteiger partial charge is 0.452 e. The van der Waals surface area contributed by atoms with Gasteiger partial charge in [0.2, 0.25) is 0 Å². The maximum absolute atomic E-state index is 12.4. The van der Waals surface area contributed by atoms with Crippen LogP contribution in [0.5, 0.6) is 0 Å². The van der Waals surface area contributed by atoms with E-state index in [2.05, 4.69) is 59.5 Å². The van der Waals surface area contributed by atoms with E-state index in [1.807, 2.05) is 13.0 Å². The van der Waals surface area contributed by atoms with Gasteiger partial charge in [-0.05, 0) is 36.3 Å². The maximum atomic E-state index is 12.4. The summed E-state index contributed by atoms with van der Waals surface area (Å²) in [5.41, 5.74) is 1.96. The summed E-state index contributed by atoms with van der Waals surface area (Å²) in [5.74, 6) is 0.481. The van der Waals surface area contributed by atoms with Crippen molar-refractivity contribution < 1.29 is 9.53 Å². The third kappa shape index (κ3) is 3.16. The van der Waals surface area contributed by atoms with Crippen molar-refractivity contribution in [3.8, 4) is 0 Å². The molecule has 5 rings (SSSR count). The second-order valence-corrected chi connectivity index (χ2v) is 7.66. The number of esters is 1. The van der Waals surface area contributed by atoms with E-state index in [4.69, 9.17) is 4.74 Å². The van der Waals surface area contributed by atoms with Crippen LogP contribution in [-0.2, 0) is 21.7 Å². The molecule has 3 nitrogen and oxygen atoms in total. The van der Waals surface area contributed by atoms with E-state index < -0.39 is 5.60 Å². The Balaban J connectivity index is 1.70. The van der Waals surface area contributed by atoms with Crippen molar-refractivity contribution in [1.82, 2.24) is 4.90 Å². The van der Waals surface area contributed by atoms with Gasteiger partial charge in [0.1, 0.15) is 0 Å². The third-order valence-corrected chi connectivity index (χ3v) is 5.99. The average Bonchev–Trinajstić information content (AvgIpc) is 2.69. The van der Waals surface area contributed by atoms with E-state index in [-0.39, 0.29) is 12.0 Å². The fourth-order valence-corrected chi connectivity index (χ4v) is 4.85. The molecule has 0 unspecified atom stereocenters. The Morgan fingerprint density at radius 3 is 2.42 bits per heavy atom. The average molecular weight is 349 g/mol. The van der Waals surface area contributed by atoms with Gasteiger partial charge in [0.25, 0.3) is 0 Å². The van der Waals surface area contributed by atoms with Crippen molar-refractivity contribution in [2.45, 2.75) is 50.8 Å². The number of carbonyl (C=O) groups excluding carboxylic acids is 1. The summed E-state index contributed by atoms with van der Waals surface area (Å²) in [6.07, 6.45) is 3.68. The van der Waals surface area contributed by atoms with Crippen molar-refractivity contribution in [3.05, 3.63) is 71.8 Å². The first-order valence-corrected chi connectivity index (χ1v) is 9.76. The van der Waals surface area contributed by atoms with Crippen LogP contribution in [0.1, 0.15) is 43.7 Å². The van der Waals surface area contributed by atoms with E-state index >= 15 is 0 Å². The van der Waals surface area contributed by atoms with Crippen LogP contribution < -0.4 is 0 Å². The molecular weight excluding hydrogens is 322 g/mol. The van der Waals surface area contributed by atoms with Crippen molar-refractivity contribution >= 4 is 5.97 Å². The van der Waals surface area contributed by atoms with Crippen LogP contribution in [-0.4, -0.2) is 23.5 Å². The normalized spacial score (nSPS) is 28.0. The molecule has 26 heavy (non-hydrogen) atoms. The maximum Gasteiger partial charge on any atom is 0.306 e. The van der Waals surface area contributed by atoms with Gasteiger partial charge in [-0.25, -0.2) is 0 Å². The van der Waals surface area contributed by atoms with Crippen molar-refractivity contribution in [2.24, 2.45) is 5.92 Å². The summed E-state index contributed by atoms with van der Waals surface area (Å²) in [5, 5.41) is 0. The predicted octanol–water partition coefficient (Wildman–Crippen LogP) is 4.52. The highest BCUT2D eigenvalue weighted by molar-refractivity contribution is 5.70. The number of hydrogen-bond donors (Lipinski definition) is 0. The molecule has 136 valence electrons. The zero-order chi connectivity index (χ0) is 18.0. The van der Waals surface area contributed by atoms with Crippen molar-refractivity contribution in [1.29, 1.82) is 0 Å². The van der Waals surface area contributed by atoms with Gasteiger partial charge in [-0.2, -0.15) is 0 Å². The number of nitrogens with zero attached hydrogens (tertiary/aromatic N) is 1. The van der Waals surface area contributed by atoms with Crippen LogP contribution >= 0.6 is 0 Å². The third-order valence-electron chi connectivity index (χ3n) is 5.99. The van der Waals surface area contributed by atoms with Crippen LogP contribution in [0.4, 0.5) is 0 Å². The first-order chi connectivity index (χ1) is 12.7. The number of benzene rings is 2. The Hall–Kier alpha value is -2.13. The zero-order valence-electron chi connectivity index (χ0n) is 15.4. The Morgan fingerprint density at radius 2 is 1.77 bits per heavy atom. The van der Waals surface area contributed by atoms with Crippen LogP contribution in [0.15, 0.2) is 60.7 Å². The summed E-state index contributed by atoms with van der Waals surface area (Å²) in [4.78, 5) is 14.9. The van der Waals surface area contributed by atoms with Crippen LogP contribution in [0.25, 0.3) is 0 Å². The molecule has 3 aliphatic rings. The topological polar surface area (TPSA) is 29.5 Å². The van der Waals surface area contributed by atoms with E-state index in [0.717, 1.165) is 31.5 Å². The minimum atomic E-state index is -0.510. The number of fused-ring (bicyclic) bond motifs is 3. The number of rotatable bonds is 5. The number of hydrogen-bond acceptors (Lipinski definition) is 3. The Labute approximate surface area is 156 Å². The van der Waals surface area contributed by atoms with Crippen LogP contribution in [0.3, 0.4) is 0 Å². The smallest absolute Gasteiger partial charge is 0.306 e. The van der Waals surface area contributed by atoms with Crippen molar-refractivity contribution in [3.63, 3.8) is 0 Å². The van der Waals surface area contributed by atoms with Gasteiger partial charge in [-0.3, -0.25) is 9.69 Å². The molecule has 2 aromatic carbocycles. The van der Waals surface area contributed by atoms with E-state index in [1.165, 1.54) is 12.0 Å². The van der Waals surface area contributed by atoms with Gasteiger partial charge < -0.3 is 4.74 Å². The van der Waals surface area contributed by atoms with Crippen LogP contribution in [0, 0.1) is 5.92 Å². The van der Waals surface area contributed by atoms with Gasteiger partial charge in [0.05, 0.1) is 6.04 Å². The lowest BCUT2D eigenvalue weighted by Gasteiger charge is -2.56. The SMILES string of the molecule is CCC(=O)O[C@@]1(c2ccccc2)C[C@H]2CC[C@H]1N(Cc1ccccc1)C2. The van der Waals surface area contributed by atoms with Gasteiger partial charge in [0, 0.05) is 19.5 Å². The molecule has 2 saturated heterocycles. The molecule has 0 radical (unpaired) electrons. The zero-order valence-corrected chi connectivity index (χ0v) is 15.4. The number of ether oxygens (including phenoxy) is 1. The fraction of sp³-hybridized carbons (Fsp3) is 0.435. The molecule has 3 atom stereocenters. The molecular formula is C23H27NO2. The van der Waals surface area contributed by atoms with E-state index in [1.54, 1.807) is 0 Å². The molecule has 2 aliphatic heterocycles. The molecule has 0 amide bonds. The first kappa shape index (κ1) is 17.3. The highest BCUT2D eigenvalue weighted by atomic mass is 16.6. The summed E-state index contributed by atoms with van der Waals surface area (Å²) >= 11 is 0. The molecule has 3 fully saturated rings. The van der Waals surface area contributed by atoms with Crippen molar-refractivity contribution in [2.75, 3.05) is 6.54 Å². The monoisotopic (exact) mass is 349 g/mol. The highest BCUT2D eigenvalue weighted by Gasteiger charge is 2.54. The molecule has 2 bridgehead atoms. The molecule has 0 aromatic heterocycles. The predicted molar refractivity (Wildman–Crippen MR) is 102 cm³/mol. The van der Waals surface area contributed by atoms with Gasteiger partial charge in [-0.15, -0.1) is 0 Å². The molecule has 0 N–H and O–H groups in total. The summed E-state index contributed by atoms with van der Waals surface area (Å²) in [7, 11) is 0. The molecule has 0 spiro atoms. The van der Waals surface area contributed by atoms with Gasteiger partial charge >= 0.3 is 5.97 Å². The molecule has 1 aliphatic carbocycles. The van der Waals surface area contributed by atoms with Gasteiger partial charge in [0.15, 0.2) is 5.60 Å². The summed E-state index contributed by atoms with van der Waals surface area (Å²) < 4.78 is 6.24. The standard InChI is InChI=1S/C23H27NO2/c1-2-22(25)26-23(20-11-7-4-8-12-20)15-19-13-14-21(23)24(17-19)16-18-9-5-3-6-10-18/h3-12,19,21H,2,13-17H2,1H3/t19-,21-,23-/m1/s1. The number of piperidine rings is 2. The lowest BCUT2D eigenvalue weighted by Crippen LogP contribution is -2.62. The lowest BCUT2D eigenvalue weighted by molar-refractivity contribution is -0.193. The Kier molecular flexibility index (Phi) is 4.82. The molecule has 2 aromatic rings. The molecule has 2 heterocycles. The minimum absolute atomic E-state index is 0.0962. The Morgan fingerprint density at radius 1 is 1.08 bits per heavy atom.